The van der Waals surface area contributed by atoms with Crippen molar-refractivity contribution in [1.29, 1.82) is 0 Å². The summed E-state index contributed by atoms with van der Waals surface area (Å²) in [5, 5.41) is 0. The molecule has 12 heavy (non-hydrogen) atoms. The third-order valence-electron chi connectivity index (χ3n) is 2.71. The third-order valence-corrected chi connectivity index (χ3v) is 7.79. The van der Waals surface area contributed by atoms with Gasteiger partial charge < -0.3 is 0 Å². The highest BCUT2D eigenvalue weighted by Gasteiger charge is 2.63. The van der Waals surface area contributed by atoms with Crippen molar-refractivity contribution in [3.05, 3.63) is 0 Å². The quantitative estimate of drug-likeness (QED) is 0.545. The summed E-state index contributed by atoms with van der Waals surface area (Å²) in [6, 6.07) is 0. The molecule has 2 bridgehead atoms. The molecular formula is C7H6Br4O. The lowest BCUT2D eigenvalue weighted by molar-refractivity contribution is -0.121. The summed E-state index contributed by atoms with van der Waals surface area (Å²) in [7, 11) is 0. The Balaban J connectivity index is 2.36. The van der Waals surface area contributed by atoms with Crippen LogP contribution in [0, 0.1) is 11.8 Å². The van der Waals surface area contributed by atoms with Crippen molar-refractivity contribution >= 4 is 69.5 Å². The van der Waals surface area contributed by atoms with Gasteiger partial charge in [0, 0.05) is 21.5 Å². The molecule has 68 valence electrons. The number of alkyl halides is 4. The van der Waals surface area contributed by atoms with E-state index in [0.29, 0.717) is 15.6 Å². The lowest BCUT2D eigenvalue weighted by atomic mass is 9.99. The van der Waals surface area contributed by atoms with Crippen LogP contribution >= 0.6 is 63.7 Å². The second-order valence-corrected chi connectivity index (χ2v) is 9.01. The molecule has 2 rings (SSSR count). The van der Waals surface area contributed by atoms with Gasteiger partial charge in [0.2, 0.25) is 0 Å². The van der Waals surface area contributed by atoms with Gasteiger partial charge in [-0.25, -0.2) is 0 Å². The predicted octanol–water partition coefficient (Wildman–Crippen LogP) is 3.22. The van der Waals surface area contributed by atoms with Crippen LogP contribution in [0.1, 0.15) is 6.42 Å². The molecule has 0 saturated heterocycles. The Kier molecular flexibility index (Phi) is 2.56. The van der Waals surface area contributed by atoms with Crippen LogP contribution in [0.3, 0.4) is 0 Å². The molecule has 2 saturated carbocycles. The van der Waals surface area contributed by atoms with Crippen LogP contribution < -0.4 is 0 Å². The highest BCUT2D eigenvalue weighted by atomic mass is 79.9. The predicted molar refractivity (Wildman–Crippen MR) is 62.6 cm³/mol. The van der Waals surface area contributed by atoms with Gasteiger partial charge >= 0.3 is 0 Å². The van der Waals surface area contributed by atoms with Gasteiger partial charge in [-0.2, -0.15) is 0 Å². The van der Waals surface area contributed by atoms with Crippen LogP contribution in [0.5, 0.6) is 0 Å². The first-order valence-corrected chi connectivity index (χ1v) is 7.08. The molecule has 0 aliphatic heterocycles. The molecule has 1 nitrogen and oxygen atoms in total. The van der Waals surface area contributed by atoms with Crippen LogP contribution in [0.2, 0.25) is 0 Å². The first-order chi connectivity index (χ1) is 5.46. The first kappa shape index (κ1) is 10.1. The fourth-order valence-corrected chi connectivity index (χ4v) is 6.05. The van der Waals surface area contributed by atoms with E-state index in [9.17, 15) is 4.79 Å². The minimum absolute atomic E-state index is 0.165. The van der Waals surface area contributed by atoms with E-state index < -0.39 is 3.23 Å². The molecule has 2 fully saturated rings. The second kappa shape index (κ2) is 3.04. The average molecular weight is 426 g/mol. The lowest BCUT2D eigenvalue weighted by Gasteiger charge is -2.31. The van der Waals surface area contributed by atoms with Crippen molar-refractivity contribution in [2.24, 2.45) is 11.8 Å². The summed E-state index contributed by atoms with van der Waals surface area (Å²) in [5.41, 5.74) is 0. The van der Waals surface area contributed by atoms with Gasteiger partial charge in [-0.3, -0.25) is 4.79 Å². The van der Waals surface area contributed by atoms with Crippen LogP contribution in [-0.4, -0.2) is 18.7 Å². The molecule has 0 aromatic rings. The molecule has 0 N–H and O–H groups in total. The number of carbonyl (C=O) groups is 1. The summed E-state index contributed by atoms with van der Waals surface area (Å²) in [4.78, 5) is 12.4. The zero-order chi connectivity index (χ0) is 9.09. The van der Waals surface area contributed by atoms with Gasteiger partial charge in [-0.05, 0) is 6.42 Å². The second-order valence-electron chi connectivity index (χ2n) is 3.32. The van der Waals surface area contributed by atoms with Gasteiger partial charge in [0.25, 0.3) is 0 Å². The van der Waals surface area contributed by atoms with E-state index in [1.54, 1.807) is 0 Å². The maximum Gasteiger partial charge on any atom is 0.164 e. The third kappa shape index (κ3) is 1.15. The van der Waals surface area contributed by atoms with Crippen molar-refractivity contribution in [1.82, 2.24) is 0 Å². The topological polar surface area (TPSA) is 17.1 Å². The van der Waals surface area contributed by atoms with Crippen LogP contribution in [0.4, 0.5) is 0 Å². The minimum atomic E-state index is -0.469. The molecule has 0 amide bonds. The molecule has 5 heteroatoms. The van der Waals surface area contributed by atoms with Crippen molar-refractivity contribution in [3.8, 4) is 0 Å². The summed E-state index contributed by atoms with van der Waals surface area (Å²) in [6.45, 7) is 0. The number of ketones is 1. The number of hydrogen-bond donors (Lipinski definition) is 0. The fraction of sp³-hybridized carbons (Fsp3) is 0.857. The van der Waals surface area contributed by atoms with Crippen molar-refractivity contribution in [2.75, 3.05) is 0 Å². The van der Waals surface area contributed by atoms with E-state index in [4.69, 9.17) is 0 Å². The summed E-state index contributed by atoms with van der Waals surface area (Å²) >= 11 is 14.0. The van der Waals surface area contributed by atoms with Gasteiger partial charge in [-0.15, -0.1) is 0 Å². The van der Waals surface area contributed by atoms with Gasteiger partial charge in [0.1, 0.15) is 3.23 Å². The Labute approximate surface area is 105 Å². The molecule has 2 aliphatic carbocycles. The van der Waals surface area contributed by atoms with Crippen LogP contribution in [0.15, 0.2) is 0 Å². The van der Waals surface area contributed by atoms with E-state index in [2.05, 4.69) is 63.7 Å². The summed E-state index contributed by atoms with van der Waals surface area (Å²) in [6.07, 6.45) is 0.973. The summed E-state index contributed by atoms with van der Waals surface area (Å²) < 4.78 is -0.469. The maximum atomic E-state index is 11.7. The SMILES string of the molecule is O=C1[C@@H]2C[C@@H]([C@@H](Br)[C@H]2Br)C1(Br)Br. The Morgan fingerprint density at radius 1 is 1.25 bits per heavy atom. The molecule has 0 aromatic carbocycles. The van der Waals surface area contributed by atoms with E-state index in [1.807, 2.05) is 0 Å². The number of rotatable bonds is 0. The Morgan fingerprint density at radius 2 is 1.83 bits per heavy atom. The number of halogens is 4. The van der Waals surface area contributed by atoms with Crippen LogP contribution in [0.25, 0.3) is 0 Å². The van der Waals surface area contributed by atoms with Crippen molar-refractivity contribution in [3.63, 3.8) is 0 Å². The maximum absolute atomic E-state index is 11.7. The van der Waals surface area contributed by atoms with Crippen molar-refractivity contribution in [2.45, 2.75) is 19.3 Å². The largest absolute Gasteiger partial charge is 0.297 e. The number of hydrogen-bond acceptors (Lipinski definition) is 1. The fourth-order valence-electron chi connectivity index (χ4n) is 2.01. The molecule has 0 radical (unpaired) electrons. The minimum Gasteiger partial charge on any atom is -0.297 e. The molecule has 0 aromatic heterocycles. The van der Waals surface area contributed by atoms with Gasteiger partial charge in [-0.1, -0.05) is 63.7 Å². The number of Topliss-reactive ketones (excluding diaryl/α,β-unsaturated/α-hetero) is 1. The highest BCUT2D eigenvalue weighted by Crippen LogP contribution is 2.59. The lowest BCUT2D eigenvalue weighted by Crippen LogP contribution is -2.42. The zero-order valence-electron chi connectivity index (χ0n) is 5.94. The molecule has 0 heterocycles. The average Bonchev–Trinajstić information content (AvgIpc) is 2.38. The summed E-state index contributed by atoms with van der Waals surface area (Å²) in [5.74, 6) is 0.808. The standard InChI is InChI=1S/C7H6Br4O/c8-4-2-1-3(5(4)9)7(10,11)6(2)12/h2-5H,1H2/t2-,3+,4+,5-/m1/s1. The van der Waals surface area contributed by atoms with E-state index >= 15 is 0 Å². The number of fused-ring (bicyclic) bond motifs is 2. The van der Waals surface area contributed by atoms with Crippen molar-refractivity contribution < 1.29 is 4.79 Å². The Hall–Kier alpha value is 1.59. The number of carbonyl (C=O) groups excluding carboxylic acids is 1. The van der Waals surface area contributed by atoms with E-state index in [1.165, 1.54) is 0 Å². The Bertz CT molecular complexity index is 240. The zero-order valence-corrected chi connectivity index (χ0v) is 12.3. The molecule has 2 aliphatic rings. The molecule has 4 atom stereocenters. The molecule has 0 spiro atoms. The monoisotopic (exact) mass is 422 g/mol. The Morgan fingerprint density at radius 3 is 2.25 bits per heavy atom. The first-order valence-electron chi connectivity index (χ1n) is 3.66. The molecular weight excluding hydrogens is 420 g/mol. The highest BCUT2D eigenvalue weighted by molar-refractivity contribution is 9.26. The smallest absolute Gasteiger partial charge is 0.164 e. The normalized spacial score (nSPS) is 50.2. The van der Waals surface area contributed by atoms with Gasteiger partial charge in [0.05, 0.1) is 0 Å². The van der Waals surface area contributed by atoms with Crippen LogP contribution in [-0.2, 0) is 4.79 Å². The van der Waals surface area contributed by atoms with E-state index in [-0.39, 0.29) is 11.7 Å². The van der Waals surface area contributed by atoms with Gasteiger partial charge in [0.15, 0.2) is 5.78 Å². The molecule has 0 unspecified atom stereocenters. The van der Waals surface area contributed by atoms with E-state index in [0.717, 1.165) is 6.42 Å².